The Morgan fingerprint density at radius 2 is 1.88 bits per heavy atom. The number of aldehydes is 1. The third-order valence-corrected chi connectivity index (χ3v) is 5.63. The van der Waals surface area contributed by atoms with Gasteiger partial charge in [0.25, 0.3) is 0 Å². The van der Waals surface area contributed by atoms with Gasteiger partial charge in [0.2, 0.25) is 5.88 Å². The molecule has 0 aliphatic heterocycles. The highest BCUT2D eigenvalue weighted by molar-refractivity contribution is 5.71. The van der Waals surface area contributed by atoms with E-state index >= 15 is 0 Å². The Labute approximate surface area is 154 Å². The lowest BCUT2D eigenvalue weighted by atomic mass is 9.72. The molecule has 134 valence electrons. The molecule has 0 bridgehead atoms. The van der Waals surface area contributed by atoms with Crippen LogP contribution in [0.1, 0.15) is 49.0 Å². The second-order valence-corrected chi connectivity index (χ2v) is 8.30. The molecule has 2 aromatic heterocycles. The summed E-state index contributed by atoms with van der Waals surface area (Å²) in [5.41, 5.74) is 5.33. The summed E-state index contributed by atoms with van der Waals surface area (Å²) in [6.45, 7) is 7.00. The first-order valence-electron chi connectivity index (χ1n) is 9.31. The highest BCUT2D eigenvalue weighted by atomic mass is 16.4. The molecule has 3 heteroatoms. The number of fused-ring (bicyclic) bond motifs is 1. The molecule has 0 fully saturated rings. The summed E-state index contributed by atoms with van der Waals surface area (Å²) in [6.07, 6.45) is 4.06. The van der Waals surface area contributed by atoms with Crippen LogP contribution in [0.25, 0.3) is 17.1 Å². The summed E-state index contributed by atoms with van der Waals surface area (Å²) in [5.74, 6) is 1.77. The minimum Gasteiger partial charge on any atom is -0.437 e. The van der Waals surface area contributed by atoms with Crippen LogP contribution >= 0.6 is 0 Å². The number of aromatic nitrogens is 1. The lowest BCUT2D eigenvalue weighted by Gasteiger charge is -2.34. The van der Waals surface area contributed by atoms with Crippen molar-refractivity contribution >= 4 is 6.29 Å². The number of hydrogen-bond acceptors (Lipinski definition) is 2. The first kappa shape index (κ1) is 16.9. The molecule has 0 saturated carbocycles. The number of carbonyl (C=O) groups excluding carboxylic acids is 1. The zero-order valence-electron chi connectivity index (χ0n) is 15.7. The molecular formula is C23H25NO2. The average molecular weight is 347 g/mol. The molecule has 2 heterocycles. The van der Waals surface area contributed by atoms with E-state index in [2.05, 4.69) is 55.7 Å². The number of carbonyl (C=O) groups is 1. The highest BCUT2D eigenvalue weighted by Gasteiger charge is 2.32. The Kier molecular flexibility index (Phi) is 4.10. The van der Waals surface area contributed by atoms with E-state index in [-0.39, 0.29) is 0 Å². The second-order valence-electron chi connectivity index (χ2n) is 8.30. The Balaban J connectivity index is 1.86. The van der Waals surface area contributed by atoms with Crippen LogP contribution in [0.2, 0.25) is 0 Å². The SMILES string of the molecule is CC(C)(C)C1CCc2c(cc(-c3ccccc3)n2-c2ccc(C=O)o2)C1. The molecule has 0 radical (unpaired) electrons. The normalized spacial score (nSPS) is 17.1. The van der Waals surface area contributed by atoms with E-state index in [9.17, 15) is 4.79 Å². The molecule has 0 spiro atoms. The van der Waals surface area contributed by atoms with Crippen LogP contribution in [0.4, 0.5) is 0 Å². The van der Waals surface area contributed by atoms with Crippen LogP contribution in [0.5, 0.6) is 0 Å². The standard InChI is InChI=1S/C23H25NO2/c1-23(2,3)18-9-11-20-17(13-18)14-21(16-7-5-4-6-8-16)24(20)22-12-10-19(15-25)26-22/h4-8,10,12,14-15,18H,9,11,13H2,1-3H3. The Morgan fingerprint density at radius 3 is 2.54 bits per heavy atom. The molecule has 1 atom stereocenters. The van der Waals surface area contributed by atoms with Crippen LogP contribution in [0, 0.1) is 11.3 Å². The van der Waals surface area contributed by atoms with Crippen LogP contribution in [-0.2, 0) is 12.8 Å². The van der Waals surface area contributed by atoms with E-state index in [0.29, 0.717) is 17.1 Å². The van der Waals surface area contributed by atoms with Crippen molar-refractivity contribution in [3.8, 4) is 17.1 Å². The van der Waals surface area contributed by atoms with Gasteiger partial charge in [-0.1, -0.05) is 51.1 Å². The zero-order chi connectivity index (χ0) is 18.3. The van der Waals surface area contributed by atoms with E-state index in [4.69, 9.17) is 4.42 Å². The smallest absolute Gasteiger partial charge is 0.205 e. The van der Waals surface area contributed by atoms with Gasteiger partial charge in [0.15, 0.2) is 12.0 Å². The van der Waals surface area contributed by atoms with Crippen molar-refractivity contribution in [2.75, 3.05) is 0 Å². The van der Waals surface area contributed by atoms with Gasteiger partial charge in [-0.05, 0) is 53.9 Å². The van der Waals surface area contributed by atoms with Gasteiger partial charge in [-0.3, -0.25) is 9.36 Å². The van der Waals surface area contributed by atoms with Gasteiger partial charge in [-0.15, -0.1) is 0 Å². The van der Waals surface area contributed by atoms with E-state index in [0.717, 1.165) is 30.7 Å². The topological polar surface area (TPSA) is 35.1 Å². The lowest BCUT2D eigenvalue weighted by Crippen LogP contribution is -2.27. The third-order valence-electron chi connectivity index (χ3n) is 5.63. The summed E-state index contributed by atoms with van der Waals surface area (Å²) in [6, 6.07) is 16.3. The van der Waals surface area contributed by atoms with Crippen molar-refractivity contribution in [1.29, 1.82) is 0 Å². The third kappa shape index (κ3) is 2.92. The summed E-state index contributed by atoms with van der Waals surface area (Å²) in [7, 11) is 0. The van der Waals surface area contributed by atoms with E-state index < -0.39 is 0 Å². The maximum Gasteiger partial charge on any atom is 0.205 e. The lowest BCUT2D eigenvalue weighted by molar-refractivity contribution is 0.110. The predicted molar refractivity (Wildman–Crippen MR) is 104 cm³/mol. The quantitative estimate of drug-likeness (QED) is 0.570. The van der Waals surface area contributed by atoms with Crippen molar-refractivity contribution < 1.29 is 9.21 Å². The number of nitrogens with zero attached hydrogens (tertiary/aromatic N) is 1. The van der Waals surface area contributed by atoms with Gasteiger partial charge in [0.1, 0.15) is 0 Å². The van der Waals surface area contributed by atoms with Crippen LogP contribution in [0.3, 0.4) is 0 Å². The van der Waals surface area contributed by atoms with Crippen LogP contribution in [0.15, 0.2) is 52.9 Å². The largest absolute Gasteiger partial charge is 0.437 e. The molecule has 3 aromatic rings. The molecule has 0 N–H and O–H groups in total. The molecule has 1 aromatic carbocycles. The fourth-order valence-electron chi connectivity index (χ4n) is 4.07. The van der Waals surface area contributed by atoms with Crippen LogP contribution in [-0.4, -0.2) is 10.9 Å². The van der Waals surface area contributed by atoms with E-state index in [1.807, 2.05) is 12.1 Å². The molecular weight excluding hydrogens is 322 g/mol. The molecule has 1 aliphatic carbocycles. The Morgan fingerprint density at radius 1 is 1.12 bits per heavy atom. The first-order valence-corrected chi connectivity index (χ1v) is 9.31. The molecule has 4 rings (SSSR count). The molecule has 1 unspecified atom stereocenters. The first-order chi connectivity index (χ1) is 12.5. The Bertz CT molecular complexity index is 925. The number of furan rings is 1. The number of rotatable bonds is 3. The summed E-state index contributed by atoms with van der Waals surface area (Å²) >= 11 is 0. The maximum absolute atomic E-state index is 11.1. The Hall–Kier alpha value is -2.55. The zero-order valence-corrected chi connectivity index (χ0v) is 15.7. The van der Waals surface area contributed by atoms with Gasteiger partial charge < -0.3 is 4.42 Å². The summed E-state index contributed by atoms with van der Waals surface area (Å²) in [4.78, 5) is 11.1. The van der Waals surface area contributed by atoms with Gasteiger partial charge in [-0.2, -0.15) is 0 Å². The van der Waals surface area contributed by atoms with Crippen molar-refractivity contribution in [2.45, 2.75) is 40.0 Å². The summed E-state index contributed by atoms with van der Waals surface area (Å²) < 4.78 is 8.00. The van der Waals surface area contributed by atoms with Crippen molar-refractivity contribution in [3.63, 3.8) is 0 Å². The molecule has 26 heavy (non-hydrogen) atoms. The number of benzene rings is 1. The van der Waals surface area contributed by atoms with Crippen molar-refractivity contribution in [2.24, 2.45) is 11.3 Å². The van der Waals surface area contributed by atoms with E-state index in [1.165, 1.54) is 23.2 Å². The molecule has 0 amide bonds. The average Bonchev–Trinajstić information content (AvgIpc) is 3.25. The molecule has 3 nitrogen and oxygen atoms in total. The second kappa shape index (κ2) is 6.31. The van der Waals surface area contributed by atoms with Gasteiger partial charge in [0, 0.05) is 11.8 Å². The van der Waals surface area contributed by atoms with Crippen molar-refractivity contribution in [3.05, 3.63) is 65.5 Å². The monoisotopic (exact) mass is 347 g/mol. The molecule has 1 aliphatic rings. The predicted octanol–water partition coefficient (Wildman–Crippen LogP) is 5.70. The highest BCUT2D eigenvalue weighted by Crippen LogP contribution is 2.41. The van der Waals surface area contributed by atoms with Gasteiger partial charge >= 0.3 is 0 Å². The fraction of sp³-hybridized carbons (Fsp3) is 0.348. The minimum absolute atomic E-state index is 0.308. The van der Waals surface area contributed by atoms with Crippen LogP contribution < -0.4 is 0 Å². The summed E-state index contributed by atoms with van der Waals surface area (Å²) in [5, 5.41) is 0. The van der Waals surface area contributed by atoms with Gasteiger partial charge in [0.05, 0.1) is 5.69 Å². The minimum atomic E-state index is 0.308. The maximum atomic E-state index is 11.1. The number of hydrogen-bond donors (Lipinski definition) is 0. The van der Waals surface area contributed by atoms with Gasteiger partial charge in [-0.25, -0.2) is 0 Å². The molecule has 0 saturated heterocycles. The fourth-order valence-corrected chi connectivity index (χ4v) is 4.07. The van der Waals surface area contributed by atoms with Crippen molar-refractivity contribution in [1.82, 2.24) is 4.57 Å². The van der Waals surface area contributed by atoms with E-state index in [1.54, 1.807) is 6.07 Å².